The van der Waals surface area contributed by atoms with Gasteiger partial charge in [-0.25, -0.2) is 9.07 Å². The van der Waals surface area contributed by atoms with E-state index in [9.17, 15) is 9.18 Å². The fourth-order valence-electron chi connectivity index (χ4n) is 3.27. The summed E-state index contributed by atoms with van der Waals surface area (Å²) in [5.41, 5.74) is 3.42. The molecule has 4 nitrogen and oxygen atoms in total. The van der Waals surface area contributed by atoms with E-state index in [0.717, 1.165) is 22.5 Å². The van der Waals surface area contributed by atoms with E-state index in [1.54, 1.807) is 11.7 Å². The maximum Gasteiger partial charge on any atom is 0.256 e. The Labute approximate surface area is 179 Å². The van der Waals surface area contributed by atoms with Crippen molar-refractivity contribution < 1.29 is 9.18 Å². The number of rotatable bonds is 5. The molecule has 0 radical (unpaired) electrons. The number of amides is 1. The van der Waals surface area contributed by atoms with Crippen LogP contribution in [0, 0.1) is 5.82 Å². The molecule has 0 spiro atoms. The van der Waals surface area contributed by atoms with Gasteiger partial charge in [0.15, 0.2) is 0 Å². The number of hydrogen-bond donors (Lipinski definition) is 0. The Morgan fingerprint density at radius 2 is 1.70 bits per heavy atom. The maximum absolute atomic E-state index is 14.2. The van der Waals surface area contributed by atoms with Gasteiger partial charge in [-0.05, 0) is 30.3 Å². The van der Waals surface area contributed by atoms with Crippen molar-refractivity contribution in [3.05, 3.63) is 107 Å². The smallest absolute Gasteiger partial charge is 0.256 e. The van der Waals surface area contributed by atoms with Gasteiger partial charge in [-0.15, -0.1) is 0 Å². The number of carbonyl (C=O) groups is 1. The Morgan fingerprint density at radius 3 is 2.40 bits per heavy atom. The van der Waals surface area contributed by atoms with Crippen LogP contribution in [0.2, 0.25) is 5.02 Å². The molecule has 0 saturated carbocycles. The zero-order chi connectivity index (χ0) is 21.1. The topological polar surface area (TPSA) is 38.1 Å². The zero-order valence-electron chi connectivity index (χ0n) is 16.3. The molecule has 1 amide bonds. The second-order valence-electron chi connectivity index (χ2n) is 6.93. The van der Waals surface area contributed by atoms with Crippen LogP contribution in [-0.2, 0) is 6.54 Å². The molecule has 0 bridgehead atoms. The van der Waals surface area contributed by atoms with Gasteiger partial charge in [0.25, 0.3) is 5.91 Å². The van der Waals surface area contributed by atoms with E-state index in [1.165, 1.54) is 23.1 Å². The lowest BCUT2D eigenvalue weighted by Crippen LogP contribution is -2.27. The summed E-state index contributed by atoms with van der Waals surface area (Å²) < 4.78 is 16.0. The quantitative estimate of drug-likeness (QED) is 0.422. The molecule has 0 aliphatic rings. The molecule has 0 N–H and O–H groups in total. The minimum Gasteiger partial charge on any atom is -0.337 e. The van der Waals surface area contributed by atoms with Crippen LogP contribution in [0.3, 0.4) is 0 Å². The van der Waals surface area contributed by atoms with Crippen molar-refractivity contribution >= 4 is 17.5 Å². The highest BCUT2D eigenvalue weighted by Crippen LogP contribution is 2.25. The van der Waals surface area contributed by atoms with Crippen LogP contribution in [0.4, 0.5) is 4.39 Å². The van der Waals surface area contributed by atoms with E-state index < -0.39 is 11.7 Å². The van der Waals surface area contributed by atoms with Gasteiger partial charge in [0, 0.05) is 35.9 Å². The minimum absolute atomic E-state index is 0.0540. The molecule has 1 aromatic heterocycles. The van der Waals surface area contributed by atoms with E-state index in [-0.39, 0.29) is 12.1 Å². The lowest BCUT2D eigenvalue weighted by Gasteiger charge is -2.17. The molecule has 4 rings (SSSR count). The molecule has 0 fully saturated rings. The second kappa shape index (κ2) is 8.51. The van der Waals surface area contributed by atoms with Crippen molar-refractivity contribution in [1.82, 2.24) is 14.7 Å². The normalized spacial score (nSPS) is 10.8. The highest BCUT2D eigenvalue weighted by atomic mass is 35.5. The standard InChI is InChI=1S/C24H19ClFN3O/c1-28(24(30)21-14-19(25)12-13-22(21)26)15-18-16-29(20-10-6-3-7-11-20)27-23(18)17-8-4-2-5-9-17/h2-14,16H,15H2,1H3. The van der Waals surface area contributed by atoms with Gasteiger partial charge in [-0.2, -0.15) is 5.10 Å². The van der Waals surface area contributed by atoms with Gasteiger partial charge in [0.1, 0.15) is 5.82 Å². The summed E-state index contributed by atoms with van der Waals surface area (Å²) in [6.07, 6.45) is 1.90. The Bertz CT molecular complexity index is 1180. The van der Waals surface area contributed by atoms with E-state index >= 15 is 0 Å². The molecule has 1 heterocycles. The first kappa shape index (κ1) is 19.9. The van der Waals surface area contributed by atoms with Crippen molar-refractivity contribution in [2.75, 3.05) is 7.05 Å². The van der Waals surface area contributed by atoms with Crippen LogP contribution in [-0.4, -0.2) is 27.6 Å². The van der Waals surface area contributed by atoms with Gasteiger partial charge in [0.05, 0.1) is 16.9 Å². The van der Waals surface area contributed by atoms with Crippen LogP contribution in [0.25, 0.3) is 16.9 Å². The van der Waals surface area contributed by atoms with Crippen LogP contribution in [0.1, 0.15) is 15.9 Å². The second-order valence-corrected chi connectivity index (χ2v) is 7.37. The first-order valence-corrected chi connectivity index (χ1v) is 9.80. The SMILES string of the molecule is CN(Cc1cn(-c2ccccc2)nc1-c1ccccc1)C(=O)c1cc(Cl)ccc1F. The molecule has 30 heavy (non-hydrogen) atoms. The third-order valence-electron chi connectivity index (χ3n) is 4.77. The first-order chi connectivity index (χ1) is 14.5. The monoisotopic (exact) mass is 419 g/mol. The van der Waals surface area contributed by atoms with E-state index in [0.29, 0.717) is 5.02 Å². The molecule has 4 aromatic rings. The number of nitrogens with zero attached hydrogens (tertiary/aromatic N) is 3. The number of para-hydroxylation sites is 1. The Balaban J connectivity index is 1.70. The van der Waals surface area contributed by atoms with Gasteiger partial charge >= 0.3 is 0 Å². The van der Waals surface area contributed by atoms with Crippen LogP contribution in [0.15, 0.2) is 85.1 Å². The summed E-state index contributed by atoms with van der Waals surface area (Å²) in [4.78, 5) is 14.3. The predicted octanol–water partition coefficient (Wildman–Crippen LogP) is 5.60. The van der Waals surface area contributed by atoms with E-state index in [2.05, 4.69) is 0 Å². The van der Waals surface area contributed by atoms with E-state index in [4.69, 9.17) is 16.7 Å². The van der Waals surface area contributed by atoms with Crippen molar-refractivity contribution in [2.24, 2.45) is 0 Å². The van der Waals surface area contributed by atoms with Crippen molar-refractivity contribution in [3.8, 4) is 16.9 Å². The minimum atomic E-state index is -0.598. The summed E-state index contributed by atoms with van der Waals surface area (Å²) in [6, 6.07) is 23.5. The van der Waals surface area contributed by atoms with E-state index in [1.807, 2.05) is 66.9 Å². The summed E-state index contributed by atoms with van der Waals surface area (Å²) in [5.74, 6) is -1.04. The Kier molecular flexibility index (Phi) is 5.63. The predicted molar refractivity (Wildman–Crippen MR) is 116 cm³/mol. The molecule has 6 heteroatoms. The number of hydrogen-bond acceptors (Lipinski definition) is 2. The van der Waals surface area contributed by atoms with Crippen molar-refractivity contribution in [3.63, 3.8) is 0 Å². The summed E-state index contributed by atoms with van der Waals surface area (Å²) >= 11 is 5.95. The van der Waals surface area contributed by atoms with Gasteiger partial charge in [-0.3, -0.25) is 4.79 Å². The highest BCUT2D eigenvalue weighted by Gasteiger charge is 2.20. The first-order valence-electron chi connectivity index (χ1n) is 9.43. The fraction of sp³-hybridized carbons (Fsp3) is 0.0833. The van der Waals surface area contributed by atoms with Gasteiger partial charge in [-0.1, -0.05) is 60.1 Å². The largest absolute Gasteiger partial charge is 0.337 e. The molecule has 0 saturated heterocycles. The summed E-state index contributed by atoms with van der Waals surface area (Å²) in [6.45, 7) is 0.266. The number of aromatic nitrogens is 2. The van der Waals surface area contributed by atoms with Gasteiger partial charge < -0.3 is 4.90 Å². The lowest BCUT2D eigenvalue weighted by atomic mass is 10.1. The third kappa shape index (κ3) is 4.11. The van der Waals surface area contributed by atoms with Crippen LogP contribution >= 0.6 is 11.6 Å². The molecule has 0 atom stereocenters. The Hall–Kier alpha value is -3.44. The molecular weight excluding hydrogens is 401 g/mol. The fourth-order valence-corrected chi connectivity index (χ4v) is 3.44. The number of benzene rings is 3. The summed E-state index contributed by atoms with van der Waals surface area (Å²) in [5, 5.41) is 5.07. The molecule has 150 valence electrons. The highest BCUT2D eigenvalue weighted by molar-refractivity contribution is 6.31. The Morgan fingerprint density at radius 1 is 1.03 bits per heavy atom. The molecule has 0 aliphatic heterocycles. The molecule has 3 aromatic carbocycles. The molecule has 0 aliphatic carbocycles. The lowest BCUT2D eigenvalue weighted by molar-refractivity contribution is 0.0780. The van der Waals surface area contributed by atoms with Crippen molar-refractivity contribution in [2.45, 2.75) is 6.54 Å². The number of halogens is 2. The van der Waals surface area contributed by atoms with Crippen LogP contribution < -0.4 is 0 Å². The third-order valence-corrected chi connectivity index (χ3v) is 5.01. The summed E-state index contributed by atoms with van der Waals surface area (Å²) in [7, 11) is 1.64. The number of carbonyl (C=O) groups excluding carboxylic acids is 1. The maximum atomic E-state index is 14.2. The molecule has 0 unspecified atom stereocenters. The van der Waals surface area contributed by atoms with Crippen molar-refractivity contribution in [1.29, 1.82) is 0 Å². The average Bonchev–Trinajstić information content (AvgIpc) is 3.20. The average molecular weight is 420 g/mol. The van der Waals surface area contributed by atoms with Crippen LogP contribution in [0.5, 0.6) is 0 Å². The van der Waals surface area contributed by atoms with Gasteiger partial charge in [0.2, 0.25) is 0 Å². The molecular formula is C24H19ClFN3O. The zero-order valence-corrected chi connectivity index (χ0v) is 17.1.